The first-order valence-electron chi connectivity index (χ1n) is 4.58. The molecule has 4 heteroatoms. The summed E-state index contributed by atoms with van der Waals surface area (Å²) in [6.07, 6.45) is 1.16. The van der Waals surface area contributed by atoms with Gasteiger partial charge in [-0.15, -0.1) is 0 Å². The van der Waals surface area contributed by atoms with Crippen molar-refractivity contribution in [3.05, 3.63) is 28.5 Å². The molecule has 14 heavy (non-hydrogen) atoms. The molecule has 0 aliphatic carbocycles. The molecule has 1 fully saturated rings. The summed E-state index contributed by atoms with van der Waals surface area (Å²) in [4.78, 5) is 0. The topological polar surface area (TPSA) is 21.3 Å². The quantitative estimate of drug-likeness (QED) is 0.881. The van der Waals surface area contributed by atoms with Crippen molar-refractivity contribution >= 4 is 15.9 Å². The highest BCUT2D eigenvalue weighted by Crippen LogP contribution is 2.22. The lowest BCUT2D eigenvalue weighted by molar-refractivity contribution is 0.222. The van der Waals surface area contributed by atoms with Crippen LogP contribution in [0.2, 0.25) is 0 Å². The monoisotopic (exact) mass is 259 g/mol. The van der Waals surface area contributed by atoms with Crippen molar-refractivity contribution < 1.29 is 9.13 Å². The smallest absolute Gasteiger partial charge is 0.141 e. The van der Waals surface area contributed by atoms with Crippen molar-refractivity contribution in [1.29, 1.82) is 0 Å². The first-order valence-corrected chi connectivity index (χ1v) is 5.37. The highest BCUT2D eigenvalue weighted by Gasteiger charge is 2.16. The molecule has 0 unspecified atom stereocenters. The first-order chi connectivity index (χ1) is 6.75. The molecule has 0 saturated carbocycles. The van der Waals surface area contributed by atoms with Crippen LogP contribution in [0.3, 0.4) is 0 Å². The Bertz CT molecular complexity index is 326. The molecule has 0 amide bonds. The van der Waals surface area contributed by atoms with Gasteiger partial charge in [0.15, 0.2) is 0 Å². The van der Waals surface area contributed by atoms with Gasteiger partial charge in [-0.1, -0.05) is 0 Å². The van der Waals surface area contributed by atoms with Gasteiger partial charge in [0.2, 0.25) is 0 Å². The molecule has 0 spiro atoms. The third-order valence-electron chi connectivity index (χ3n) is 2.21. The molecular weight excluding hydrogens is 249 g/mol. The second kappa shape index (κ2) is 4.28. The third kappa shape index (κ3) is 2.25. The predicted molar refractivity (Wildman–Crippen MR) is 56.0 cm³/mol. The van der Waals surface area contributed by atoms with Gasteiger partial charge in [-0.2, -0.15) is 0 Å². The molecule has 1 aliphatic rings. The van der Waals surface area contributed by atoms with Crippen LogP contribution in [0.5, 0.6) is 5.75 Å². The number of halogens is 2. The molecule has 1 aromatic rings. The van der Waals surface area contributed by atoms with Crippen molar-refractivity contribution in [1.82, 2.24) is 5.32 Å². The first kappa shape index (κ1) is 9.93. The highest BCUT2D eigenvalue weighted by molar-refractivity contribution is 9.10. The van der Waals surface area contributed by atoms with Crippen LogP contribution in [0.4, 0.5) is 4.39 Å². The van der Waals surface area contributed by atoms with Crippen LogP contribution in [0, 0.1) is 5.82 Å². The summed E-state index contributed by atoms with van der Waals surface area (Å²) < 4.78 is 19.2. The van der Waals surface area contributed by atoms with Gasteiger partial charge in [-0.3, -0.25) is 0 Å². The van der Waals surface area contributed by atoms with E-state index in [1.807, 2.05) is 0 Å². The zero-order valence-corrected chi connectivity index (χ0v) is 9.18. The maximum absolute atomic E-state index is 13.1. The number of ether oxygens (including phenoxy) is 1. The summed E-state index contributed by atoms with van der Waals surface area (Å²) in [5.74, 6) is 0.313. The summed E-state index contributed by atoms with van der Waals surface area (Å²) in [7, 11) is 0. The van der Waals surface area contributed by atoms with Crippen molar-refractivity contribution in [2.24, 2.45) is 0 Å². The van der Waals surface area contributed by atoms with Crippen LogP contribution in [-0.2, 0) is 0 Å². The van der Waals surface area contributed by atoms with Gasteiger partial charge in [0.05, 0.1) is 4.47 Å². The Kier molecular flexibility index (Phi) is 3.03. The number of nitrogens with one attached hydrogen (secondary N) is 1. The largest absolute Gasteiger partial charge is 0.489 e. The Morgan fingerprint density at radius 3 is 3.00 bits per heavy atom. The van der Waals surface area contributed by atoms with Gasteiger partial charge in [-0.05, 0) is 41.0 Å². The van der Waals surface area contributed by atoms with Gasteiger partial charge in [0, 0.05) is 12.6 Å². The van der Waals surface area contributed by atoms with Crippen LogP contribution in [0.15, 0.2) is 22.7 Å². The van der Waals surface area contributed by atoms with E-state index < -0.39 is 0 Å². The Hall–Kier alpha value is -0.610. The van der Waals surface area contributed by atoms with Crippen molar-refractivity contribution in [3.8, 4) is 5.75 Å². The maximum atomic E-state index is 13.1. The van der Waals surface area contributed by atoms with E-state index in [-0.39, 0.29) is 11.9 Å². The molecular formula is C10H11BrFNO. The molecule has 1 heterocycles. The Labute approximate surface area is 90.6 Å². The van der Waals surface area contributed by atoms with E-state index in [0.717, 1.165) is 19.5 Å². The maximum Gasteiger partial charge on any atom is 0.141 e. The molecule has 1 N–H and O–H groups in total. The van der Waals surface area contributed by atoms with Crippen LogP contribution in [-0.4, -0.2) is 19.2 Å². The Morgan fingerprint density at radius 1 is 1.50 bits per heavy atom. The zero-order chi connectivity index (χ0) is 9.97. The molecule has 1 aromatic carbocycles. The fraction of sp³-hybridized carbons (Fsp3) is 0.400. The number of hydrogen-bond acceptors (Lipinski definition) is 2. The van der Waals surface area contributed by atoms with Gasteiger partial charge >= 0.3 is 0 Å². The highest BCUT2D eigenvalue weighted by atomic mass is 79.9. The van der Waals surface area contributed by atoms with E-state index in [0.29, 0.717) is 10.2 Å². The lowest BCUT2D eigenvalue weighted by atomic mass is 10.3. The minimum Gasteiger partial charge on any atom is -0.489 e. The minimum atomic E-state index is -0.284. The fourth-order valence-electron chi connectivity index (χ4n) is 1.47. The zero-order valence-electron chi connectivity index (χ0n) is 7.59. The van der Waals surface area contributed by atoms with Crippen molar-refractivity contribution in [2.45, 2.75) is 12.5 Å². The van der Waals surface area contributed by atoms with Gasteiger partial charge in [-0.25, -0.2) is 4.39 Å². The molecule has 0 aromatic heterocycles. The van der Waals surface area contributed by atoms with Crippen LogP contribution in [0.25, 0.3) is 0 Å². The van der Waals surface area contributed by atoms with Crippen LogP contribution < -0.4 is 10.1 Å². The van der Waals surface area contributed by atoms with Crippen LogP contribution >= 0.6 is 15.9 Å². The molecule has 1 atom stereocenters. The molecule has 76 valence electrons. The fourth-order valence-corrected chi connectivity index (χ4v) is 1.72. The number of benzene rings is 1. The van der Waals surface area contributed by atoms with Gasteiger partial charge in [0.25, 0.3) is 0 Å². The van der Waals surface area contributed by atoms with E-state index in [4.69, 9.17) is 4.74 Å². The van der Waals surface area contributed by atoms with Gasteiger partial charge in [0.1, 0.15) is 17.7 Å². The second-order valence-corrected chi connectivity index (χ2v) is 4.16. The molecule has 2 nitrogen and oxygen atoms in total. The molecule has 0 radical (unpaired) electrons. The standard InChI is InChI=1S/C10H11BrFNO/c11-9-2-1-7(5-10(9)12)14-8-3-4-13-6-8/h1-2,5,8,13H,3-4,6H2/t8-/m1/s1. The Morgan fingerprint density at radius 2 is 2.36 bits per heavy atom. The summed E-state index contributed by atoms with van der Waals surface area (Å²) in [6.45, 7) is 1.82. The van der Waals surface area contributed by atoms with Crippen LogP contribution in [0.1, 0.15) is 6.42 Å². The van der Waals surface area contributed by atoms with Crippen molar-refractivity contribution in [2.75, 3.05) is 13.1 Å². The SMILES string of the molecule is Fc1cc(O[C@@H]2CCNC2)ccc1Br. The molecule has 1 saturated heterocycles. The number of hydrogen-bond donors (Lipinski definition) is 1. The van der Waals surface area contributed by atoms with E-state index >= 15 is 0 Å². The summed E-state index contributed by atoms with van der Waals surface area (Å²) in [6, 6.07) is 4.83. The molecule has 0 bridgehead atoms. The second-order valence-electron chi connectivity index (χ2n) is 3.31. The molecule has 2 rings (SSSR count). The Balaban J connectivity index is 2.05. The lowest BCUT2D eigenvalue weighted by Gasteiger charge is -2.12. The summed E-state index contributed by atoms with van der Waals surface area (Å²) >= 11 is 3.10. The van der Waals surface area contributed by atoms with E-state index in [9.17, 15) is 4.39 Å². The lowest BCUT2D eigenvalue weighted by Crippen LogP contribution is -2.19. The number of rotatable bonds is 2. The predicted octanol–water partition coefficient (Wildman–Crippen LogP) is 2.33. The summed E-state index contributed by atoms with van der Waals surface area (Å²) in [5.41, 5.74) is 0. The average molecular weight is 260 g/mol. The van der Waals surface area contributed by atoms with E-state index in [1.54, 1.807) is 12.1 Å². The summed E-state index contributed by atoms with van der Waals surface area (Å²) in [5, 5.41) is 3.19. The molecule has 1 aliphatic heterocycles. The van der Waals surface area contributed by atoms with E-state index in [2.05, 4.69) is 21.2 Å². The third-order valence-corrected chi connectivity index (χ3v) is 2.85. The average Bonchev–Trinajstić information content (AvgIpc) is 2.64. The normalized spacial score (nSPS) is 21.1. The minimum absolute atomic E-state index is 0.176. The van der Waals surface area contributed by atoms with Gasteiger partial charge < -0.3 is 10.1 Å². The van der Waals surface area contributed by atoms with Crippen molar-refractivity contribution in [3.63, 3.8) is 0 Å². The van der Waals surface area contributed by atoms with E-state index in [1.165, 1.54) is 6.07 Å².